The number of rotatable bonds is 7. The zero-order valence-corrected chi connectivity index (χ0v) is 13.2. The van der Waals surface area contributed by atoms with Gasteiger partial charge in [-0.2, -0.15) is 0 Å². The molecule has 0 radical (unpaired) electrons. The maximum absolute atomic E-state index is 5.65. The second-order valence-corrected chi connectivity index (χ2v) is 5.66. The molecule has 0 saturated carbocycles. The van der Waals surface area contributed by atoms with Crippen LogP contribution in [-0.2, 0) is 13.0 Å². The molecular formula is C19H25NO. The van der Waals surface area contributed by atoms with E-state index >= 15 is 0 Å². The van der Waals surface area contributed by atoms with E-state index in [1.807, 2.05) is 26.0 Å². The minimum absolute atomic E-state index is 0.225. The number of ether oxygens (including phenoxy) is 1. The lowest BCUT2D eigenvalue weighted by Crippen LogP contribution is -2.17. The molecular weight excluding hydrogens is 258 g/mol. The van der Waals surface area contributed by atoms with Gasteiger partial charge in [-0.15, -0.1) is 0 Å². The maximum Gasteiger partial charge on any atom is 0.119 e. The van der Waals surface area contributed by atoms with E-state index in [1.54, 1.807) is 0 Å². The van der Waals surface area contributed by atoms with E-state index < -0.39 is 0 Å². The molecule has 1 N–H and O–H groups in total. The molecule has 0 aromatic heterocycles. The highest BCUT2D eigenvalue weighted by Crippen LogP contribution is 2.13. The first kappa shape index (κ1) is 15.6. The minimum atomic E-state index is 0.225. The molecule has 0 saturated heterocycles. The van der Waals surface area contributed by atoms with E-state index in [0.29, 0.717) is 0 Å². The summed E-state index contributed by atoms with van der Waals surface area (Å²) in [6.45, 7) is 8.15. The molecule has 0 atom stereocenters. The molecule has 0 heterocycles. The Balaban J connectivity index is 1.75. The fourth-order valence-corrected chi connectivity index (χ4v) is 2.30. The average molecular weight is 283 g/mol. The SMILES string of the molecule is Cc1ccccc1CCNCc1ccc(OC(C)C)cc1. The first-order valence-corrected chi connectivity index (χ1v) is 7.66. The molecule has 0 aliphatic rings. The summed E-state index contributed by atoms with van der Waals surface area (Å²) < 4.78 is 5.65. The van der Waals surface area contributed by atoms with Crippen LogP contribution >= 0.6 is 0 Å². The van der Waals surface area contributed by atoms with Gasteiger partial charge in [0.2, 0.25) is 0 Å². The second-order valence-electron chi connectivity index (χ2n) is 5.66. The van der Waals surface area contributed by atoms with Gasteiger partial charge in [0, 0.05) is 6.54 Å². The molecule has 2 nitrogen and oxygen atoms in total. The number of nitrogens with one attached hydrogen (secondary N) is 1. The van der Waals surface area contributed by atoms with Crippen LogP contribution in [0.1, 0.15) is 30.5 Å². The van der Waals surface area contributed by atoms with Gasteiger partial charge < -0.3 is 10.1 Å². The molecule has 21 heavy (non-hydrogen) atoms. The van der Waals surface area contributed by atoms with Gasteiger partial charge in [0.05, 0.1) is 6.10 Å². The summed E-state index contributed by atoms with van der Waals surface area (Å²) in [5.41, 5.74) is 4.08. The highest BCUT2D eigenvalue weighted by atomic mass is 16.5. The number of hydrogen-bond acceptors (Lipinski definition) is 2. The van der Waals surface area contributed by atoms with Crippen molar-refractivity contribution in [3.63, 3.8) is 0 Å². The second kappa shape index (κ2) is 7.84. The van der Waals surface area contributed by atoms with Crippen LogP contribution in [0.25, 0.3) is 0 Å². The lowest BCUT2D eigenvalue weighted by molar-refractivity contribution is 0.242. The fraction of sp³-hybridized carbons (Fsp3) is 0.368. The number of aryl methyl sites for hydroxylation is 1. The number of hydrogen-bond donors (Lipinski definition) is 1. The average Bonchev–Trinajstić information content (AvgIpc) is 2.46. The van der Waals surface area contributed by atoms with Crippen molar-refractivity contribution in [2.24, 2.45) is 0 Å². The molecule has 0 amide bonds. The van der Waals surface area contributed by atoms with Crippen molar-refractivity contribution >= 4 is 0 Å². The lowest BCUT2D eigenvalue weighted by Gasteiger charge is -2.11. The Bertz CT molecular complexity index is 546. The van der Waals surface area contributed by atoms with Crippen molar-refractivity contribution in [1.29, 1.82) is 0 Å². The van der Waals surface area contributed by atoms with Crippen LogP contribution in [0, 0.1) is 6.92 Å². The van der Waals surface area contributed by atoms with E-state index in [4.69, 9.17) is 4.74 Å². The first-order valence-electron chi connectivity index (χ1n) is 7.66. The van der Waals surface area contributed by atoms with Gasteiger partial charge in [-0.25, -0.2) is 0 Å². The summed E-state index contributed by atoms with van der Waals surface area (Å²) in [6.07, 6.45) is 1.30. The topological polar surface area (TPSA) is 21.3 Å². The summed E-state index contributed by atoms with van der Waals surface area (Å²) in [5, 5.41) is 3.50. The molecule has 0 unspecified atom stereocenters. The molecule has 0 fully saturated rings. The van der Waals surface area contributed by atoms with Crippen LogP contribution in [0.15, 0.2) is 48.5 Å². The monoisotopic (exact) mass is 283 g/mol. The summed E-state index contributed by atoms with van der Waals surface area (Å²) in [5.74, 6) is 0.939. The third-order valence-corrected chi connectivity index (χ3v) is 3.46. The highest BCUT2D eigenvalue weighted by Gasteiger charge is 1.99. The third-order valence-electron chi connectivity index (χ3n) is 3.46. The largest absolute Gasteiger partial charge is 0.491 e. The van der Waals surface area contributed by atoms with Gasteiger partial charge >= 0.3 is 0 Å². The predicted molar refractivity (Wildman–Crippen MR) is 88.8 cm³/mol. The standard InChI is InChI=1S/C19H25NO/c1-15(2)21-19-10-8-17(9-11-19)14-20-13-12-18-7-5-4-6-16(18)3/h4-11,15,20H,12-14H2,1-3H3. The van der Waals surface area contributed by atoms with E-state index in [2.05, 4.69) is 48.6 Å². The van der Waals surface area contributed by atoms with E-state index in [0.717, 1.165) is 25.3 Å². The first-order chi connectivity index (χ1) is 10.1. The van der Waals surface area contributed by atoms with Crippen molar-refractivity contribution in [3.05, 3.63) is 65.2 Å². The van der Waals surface area contributed by atoms with Crippen LogP contribution < -0.4 is 10.1 Å². The quantitative estimate of drug-likeness (QED) is 0.772. The van der Waals surface area contributed by atoms with E-state index in [-0.39, 0.29) is 6.10 Å². The summed E-state index contributed by atoms with van der Waals surface area (Å²) in [4.78, 5) is 0. The van der Waals surface area contributed by atoms with Crippen LogP contribution in [0.3, 0.4) is 0 Å². The predicted octanol–water partition coefficient (Wildman–Crippen LogP) is 4.11. The van der Waals surface area contributed by atoms with Crippen molar-refractivity contribution in [3.8, 4) is 5.75 Å². The zero-order chi connectivity index (χ0) is 15.1. The minimum Gasteiger partial charge on any atom is -0.491 e. The Hall–Kier alpha value is -1.80. The van der Waals surface area contributed by atoms with Crippen molar-refractivity contribution in [2.75, 3.05) is 6.54 Å². The molecule has 2 aromatic carbocycles. The third kappa shape index (κ3) is 5.24. The van der Waals surface area contributed by atoms with Crippen molar-refractivity contribution in [1.82, 2.24) is 5.32 Å². The van der Waals surface area contributed by atoms with Gasteiger partial charge in [0.25, 0.3) is 0 Å². The van der Waals surface area contributed by atoms with Crippen LogP contribution in [0.2, 0.25) is 0 Å². The Kier molecular flexibility index (Phi) is 5.82. The lowest BCUT2D eigenvalue weighted by atomic mass is 10.1. The molecule has 2 heteroatoms. The molecule has 0 aliphatic carbocycles. The van der Waals surface area contributed by atoms with Gasteiger partial charge in [0.15, 0.2) is 0 Å². The molecule has 2 aromatic rings. The van der Waals surface area contributed by atoms with Gasteiger partial charge in [-0.05, 0) is 62.6 Å². The van der Waals surface area contributed by atoms with E-state index in [1.165, 1.54) is 16.7 Å². The van der Waals surface area contributed by atoms with Gasteiger partial charge in [0.1, 0.15) is 5.75 Å². The molecule has 112 valence electrons. The van der Waals surface area contributed by atoms with Crippen molar-refractivity contribution < 1.29 is 4.74 Å². The summed E-state index contributed by atoms with van der Waals surface area (Å²) in [7, 11) is 0. The molecule has 0 aliphatic heterocycles. The summed E-state index contributed by atoms with van der Waals surface area (Å²) >= 11 is 0. The van der Waals surface area contributed by atoms with Crippen molar-refractivity contribution in [2.45, 2.75) is 39.8 Å². The van der Waals surface area contributed by atoms with Gasteiger partial charge in [-0.3, -0.25) is 0 Å². The number of benzene rings is 2. The van der Waals surface area contributed by atoms with Crippen LogP contribution in [-0.4, -0.2) is 12.6 Å². The zero-order valence-electron chi connectivity index (χ0n) is 13.2. The Morgan fingerprint density at radius 2 is 1.71 bits per heavy atom. The Labute approximate surface area is 128 Å². The van der Waals surface area contributed by atoms with Crippen LogP contribution in [0.4, 0.5) is 0 Å². The summed E-state index contributed by atoms with van der Waals surface area (Å²) in [6, 6.07) is 16.9. The molecule has 2 rings (SSSR count). The molecule has 0 bridgehead atoms. The van der Waals surface area contributed by atoms with Crippen LogP contribution in [0.5, 0.6) is 5.75 Å². The maximum atomic E-state index is 5.65. The highest BCUT2D eigenvalue weighted by molar-refractivity contribution is 5.28. The fourth-order valence-electron chi connectivity index (χ4n) is 2.30. The van der Waals surface area contributed by atoms with E-state index in [9.17, 15) is 0 Å². The molecule has 0 spiro atoms. The Morgan fingerprint density at radius 3 is 2.38 bits per heavy atom. The normalized spacial score (nSPS) is 10.9. The van der Waals surface area contributed by atoms with Gasteiger partial charge in [-0.1, -0.05) is 36.4 Å². The Morgan fingerprint density at radius 1 is 1.00 bits per heavy atom. The smallest absolute Gasteiger partial charge is 0.119 e.